The van der Waals surface area contributed by atoms with Gasteiger partial charge < -0.3 is 15.7 Å². The third-order valence-corrected chi connectivity index (χ3v) is 4.40. The lowest BCUT2D eigenvalue weighted by Crippen LogP contribution is -2.28. The van der Waals surface area contributed by atoms with Crippen LogP contribution >= 0.6 is 0 Å². The number of carbonyl (C=O) groups is 3. The fourth-order valence-electron chi connectivity index (χ4n) is 2.44. The van der Waals surface area contributed by atoms with Crippen LogP contribution in [0.4, 0.5) is 11.4 Å². The van der Waals surface area contributed by atoms with Crippen LogP contribution in [0.25, 0.3) is 0 Å². The summed E-state index contributed by atoms with van der Waals surface area (Å²) in [6.45, 7) is 3.28. The molecule has 2 rings (SSSR count). The second-order valence-corrected chi connectivity index (χ2v) is 6.87. The fraction of sp³-hybridized carbons (Fsp3) is 0.250. The highest BCUT2D eigenvalue weighted by molar-refractivity contribution is 5.95. The molecule has 0 bridgehead atoms. The number of non-ortho nitro benzene ring substituents is 1. The molecule has 0 radical (unpaired) electrons. The minimum absolute atomic E-state index is 0.0289. The molecule has 2 aromatic carbocycles. The minimum Gasteiger partial charge on any atom is -0.481 e. The van der Waals surface area contributed by atoms with Gasteiger partial charge in [-0.1, -0.05) is 12.1 Å². The molecule has 0 fully saturated rings. The van der Waals surface area contributed by atoms with E-state index in [0.717, 1.165) is 0 Å². The number of nitro groups is 1. The van der Waals surface area contributed by atoms with Crippen LogP contribution in [-0.2, 0) is 15.0 Å². The summed E-state index contributed by atoms with van der Waals surface area (Å²) in [5.74, 6) is -1.70. The Bertz CT molecular complexity index is 920. The lowest BCUT2D eigenvalue weighted by Gasteiger charge is -2.19. The Kier molecular flexibility index (Phi) is 6.66. The van der Waals surface area contributed by atoms with Crippen molar-refractivity contribution in [3.8, 4) is 0 Å². The summed E-state index contributed by atoms with van der Waals surface area (Å²) in [7, 11) is 0. The van der Waals surface area contributed by atoms with Crippen LogP contribution in [-0.4, -0.2) is 34.4 Å². The van der Waals surface area contributed by atoms with Crippen LogP contribution in [0.1, 0.15) is 36.2 Å². The quantitative estimate of drug-likeness (QED) is 0.461. The van der Waals surface area contributed by atoms with E-state index in [1.54, 1.807) is 38.1 Å². The molecular formula is C20H21N3O6. The molecule has 29 heavy (non-hydrogen) atoms. The van der Waals surface area contributed by atoms with Crippen LogP contribution < -0.4 is 10.6 Å². The third kappa shape index (κ3) is 5.61. The molecule has 0 spiro atoms. The Hall–Kier alpha value is -3.75. The number of carbonyl (C=O) groups excluding carboxylic acids is 2. The molecule has 2 aromatic rings. The average molecular weight is 399 g/mol. The molecule has 0 atom stereocenters. The van der Waals surface area contributed by atoms with Gasteiger partial charge in [-0.05, 0) is 43.7 Å². The van der Waals surface area contributed by atoms with E-state index in [0.29, 0.717) is 11.3 Å². The SMILES string of the molecule is CC(C)(C(=O)O)c1ccc(NC(=O)CCNC(=O)c2ccc([N+](=O)[O-])cc2)cc1. The highest BCUT2D eigenvalue weighted by Gasteiger charge is 2.29. The minimum atomic E-state index is -1.04. The van der Waals surface area contributed by atoms with Gasteiger partial charge >= 0.3 is 5.97 Å². The number of benzene rings is 2. The predicted molar refractivity (Wildman–Crippen MR) is 106 cm³/mol. The number of nitro benzene ring substituents is 1. The molecule has 9 nitrogen and oxygen atoms in total. The first kappa shape index (κ1) is 21.5. The zero-order valence-electron chi connectivity index (χ0n) is 16.0. The van der Waals surface area contributed by atoms with E-state index in [4.69, 9.17) is 0 Å². The largest absolute Gasteiger partial charge is 0.481 e. The Balaban J connectivity index is 1.83. The van der Waals surface area contributed by atoms with Gasteiger partial charge in [0.1, 0.15) is 0 Å². The highest BCUT2D eigenvalue weighted by Crippen LogP contribution is 2.24. The maximum Gasteiger partial charge on any atom is 0.313 e. The molecule has 9 heteroatoms. The Morgan fingerprint density at radius 2 is 1.62 bits per heavy atom. The van der Waals surface area contributed by atoms with Crippen LogP contribution in [0.5, 0.6) is 0 Å². The van der Waals surface area contributed by atoms with Crippen LogP contribution in [0.3, 0.4) is 0 Å². The summed E-state index contributed by atoms with van der Waals surface area (Å²) in [4.78, 5) is 45.3. The number of rotatable bonds is 8. The summed E-state index contributed by atoms with van der Waals surface area (Å²) in [5, 5.41) is 25.1. The Morgan fingerprint density at radius 3 is 2.14 bits per heavy atom. The number of anilines is 1. The second-order valence-electron chi connectivity index (χ2n) is 6.87. The fourth-order valence-corrected chi connectivity index (χ4v) is 2.44. The summed E-state index contributed by atoms with van der Waals surface area (Å²) in [5.41, 5.74) is 0.233. The van der Waals surface area contributed by atoms with E-state index < -0.39 is 22.2 Å². The topological polar surface area (TPSA) is 139 Å². The van der Waals surface area contributed by atoms with Gasteiger partial charge in [0.2, 0.25) is 5.91 Å². The number of hydrogen-bond donors (Lipinski definition) is 3. The van der Waals surface area contributed by atoms with Crippen molar-refractivity contribution in [3.05, 3.63) is 69.8 Å². The average Bonchev–Trinajstić information content (AvgIpc) is 2.68. The molecule has 0 saturated carbocycles. The van der Waals surface area contributed by atoms with Gasteiger partial charge in [0, 0.05) is 36.3 Å². The van der Waals surface area contributed by atoms with Crippen molar-refractivity contribution in [2.45, 2.75) is 25.7 Å². The van der Waals surface area contributed by atoms with Gasteiger partial charge in [-0.2, -0.15) is 0 Å². The first-order valence-electron chi connectivity index (χ1n) is 8.77. The lowest BCUT2D eigenvalue weighted by molar-refractivity contribution is -0.384. The van der Waals surface area contributed by atoms with Crippen molar-refractivity contribution in [1.82, 2.24) is 5.32 Å². The molecular weight excluding hydrogens is 378 g/mol. The normalized spacial score (nSPS) is 10.8. The number of nitrogens with zero attached hydrogens (tertiary/aromatic N) is 1. The van der Waals surface area contributed by atoms with Crippen molar-refractivity contribution in [3.63, 3.8) is 0 Å². The smallest absolute Gasteiger partial charge is 0.313 e. The van der Waals surface area contributed by atoms with Gasteiger partial charge in [-0.25, -0.2) is 0 Å². The zero-order valence-corrected chi connectivity index (χ0v) is 16.0. The molecule has 0 aliphatic rings. The second kappa shape index (κ2) is 8.96. The van der Waals surface area contributed by atoms with Gasteiger partial charge in [-0.3, -0.25) is 24.5 Å². The van der Waals surface area contributed by atoms with E-state index >= 15 is 0 Å². The van der Waals surface area contributed by atoms with Gasteiger partial charge in [0.15, 0.2) is 0 Å². The third-order valence-electron chi connectivity index (χ3n) is 4.40. The summed E-state index contributed by atoms with van der Waals surface area (Å²) in [6.07, 6.45) is 0.0289. The number of carboxylic acids is 1. The maximum atomic E-state index is 12.0. The van der Waals surface area contributed by atoms with E-state index in [2.05, 4.69) is 10.6 Å². The number of carboxylic acid groups (broad SMARTS) is 1. The molecule has 2 amide bonds. The van der Waals surface area contributed by atoms with Crippen LogP contribution in [0, 0.1) is 10.1 Å². The number of nitrogens with one attached hydrogen (secondary N) is 2. The van der Waals surface area contributed by atoms with Crippen LogP contribution in [0.2, 0.25) is 0 Å². The van der Waals surface area contributed by atoms with Crippen molar-refractivity contribution in [2.75, 3.05) is 11.9 Å². The Labute approximate surface area is 166 Å². The molecule has 0 aromatic heterocycles. The van der Waals surface area contributed by atoms with E-state index in [-0.39, 0.29) is 30.1 Å². The van der Waals surface area contributed by atoms with Gasteiger partial charge in [0.25, 0.3) is 11.6 Å². The van der Waals surface area contributed by atoms with E-state index in [9.17, 15) is 29.6 Å². The first-order valence-corrected chi connectivity index (χ1v) is 8.77. The number of hydrogen-bond acceptors (Lipinski definition) is 5. The van der Waals surface area contributed by atoms with Crippen molar-refractivity contribution < 1.29 is 24.4 Å². The predicted octanol–water partition coefficient (Wildman–Crippen LogP) is 2.72. The maximum absolute atomic E-state index is 12.0. The number of aliphatic carboxylic acids is 1. The summed E-state index contributed by atoms with van der Waals surface area (Å²) >= 11 is 0. The van der Waals surface area contributed by atoms with E-state index in [1.165, 1.54) is 24.3 Å². The zero-order chi connectivity index (χ0) is 21.6. The van der Waals surface area contributed by atoms with E-state index in [1.807, 2.05) is 0 Å². The molecule has 3 N–H and O–H groups in total. The van der Waals surface area contributed by atoms with Crippen molar-refractivity contribution in [1.29, 1.82) is 0 Å². The lowest BCUT2D eigenvalue weighted by atomic mass is 9.85. The monoisotopic (exact) mass is 399 g/mol. The Morgan fingerprint density at radius 1 is 1.03 bits per heavy atom. The standard InChI is InChI=1S/C20H21N3O6/c1-20(2,19(26)27)14-5-7-15(8-6-14)22-17(24)11-12-21-18(25)13-3-9-16(10-4-13)23(28)29/h3-10H,11-12H2,1-2H3,(H,21,25)(H,22,24)(H,26,27). The molecule has 0 saturated heterocycles. The molecule has 0 unspecified atom stereocenters. The summed E-state index contributed by atoms with van der Waals surface area (Å²) < 4.78 is 0. The van der Waals surface area contributed by atoms with Crippen molar-refractivity contribution in [2.24, 2.45) is 0 Å². The highest BCUT2D eigenvalue weighted by atomic mass is 16.6. The molecule has 152 valence electrons. The molecule has 0 heterocycles. The van der Waals surface area contributed by atoms with Crippen LogP contribution in [0.15, 0.2) is 48.5 Å². The van der Waals surface area contributed by atoms with Gasteiger partial charge in [0.05, 0.1) is 10.3 Å². The summed E-state index contributed by atoms with van der Waals surface area (Å²) in [6, 6.07) is 11.7. The molecule has 0 aliphatic heterocycles. The van der Waals surface area contributed by atoms with Gasteiger partial charge in [-0.15, -0.1) is 0 Å². The molecule has 0 aliphatic carbocycles. The first-order chi connectivity index (χ1) is 13.6. The number of amides is 2. The van der Waals surface area contributed by atoms with Crippen molar-refractivity contribution >= 4 is 29.2 Å².